The van der Waals surface area contributed by atoms with E-state index in [-0.39, 0.29) is 23.6 Å². The Morgan fingerprint density at radius 1 is 1.24 bits per heavy atom. The number of nitrogens with one attached hydrogen (secondary N) is 2. The van der Waals surface area contributed by atoms with Crippen molar-refractivity contribution in [2.24, 2.45) is 0 Å². The second-order valence-electron chi connectivity index (χ2n) is 6.96. The van der Waals surface area contributed by atoms with Crippen LogP contribution in [0.5, 0.6) is 5.88 Å². The number of amides is 1. The van der Waals surface area contributed by atoms with Gasteiger partial charge in [-0.25, -0.2) is 0 Å². The zero-order valence-corrected chi connectivity index (χ0v) is 13.7. The summed E-state index contributed by atoms with van der Waals surface area (Å²) >= 11 is 0. The summed E-state index contributed by atoms with van der Waals surface area (Å²) in [5.74, 6) is 0.815. The molecule has 1 amide bonds. The lowest BCUT2D eigenvalue weighted by atomic mass is 10.1. The molecule has 0 aromatic carbocycles. The summed E-state index contributed by atoms with van der Waals surface area (Å²) in [4.78, 5) is 16.0. The molecule has 0 fully saturated rings. The van der Waals surface area contributed by atoms with Crippen LogP contribution in [0.1, 0.15) is 41.5 Å². The molecule has 1 rings (SSSR count). The Morgan fingerprint density at radius 3 is 2.38 bits per heavy atom. The molecule has 118 valence electrons. The van der Waals surface area contributed by atoms with E-state index in [1.807, 2.05) is 41.5 Å². The number of carbonyl (C=O) groups excluding carboxylic acids is 1. The average molecular weight is 294 g/mol. The van der Waals surface area contributed by atoms with Gasteiger partial charge in [-0.3, -0.25) is 4.79 Å². The van der Waals surface area contributed by atoms with E-state index in [2.05, 4.69) is 15.6 Å². The van der Waals surface area contributed by atoms with Crippen LogP contribution < -0.4 is 21.1 Å². The Bertz CT molecular complexity index is 501. The van der Waals surface area contributed by atoms with Crippen molar-refractivity contribution in [1.82, 2.24) is 10.3 Å². The Labute approximate surface area is 126 Å². The SMILES string of the molecule is CC(C)(C)NC(=O)CNc1ccc(N)c(OC(C)(C)C)n1. The van der Waals surface area contributed by atoms with Gasteiger partial charge in [0.1, 0.15) is 11.4 Å². The number of nitrogens with zero attached hydrogens (tertiary/aromatic N) is 1. The molecule has 0 unspecified atom stereocenters. The lowest BCUT2D eigenvalue weighted by Gasteiger charge is -2.22. The first-order valence-electron chi connectivity index (χ1n) is 6.97. The zero-order valence-electron chi connectivity index (χ0n) is 13.7. The molecular weight excluding hydrogens is 268 g/mol. The lowest BCUT2D eigenvalue weighted by Crippen LogP contribution is -2.43. The van der Waals surface area contributed by atoms with Crippen LogP contribution in [0.25, 0.3) is 0 Å². The first-order valence-corrected chi connectivity index (χ1v) is 6.97. The summed E-state index contributed by atoms with van der Waals surface area (Å²) in [6, 6.07) is 3.42. The van der Waals surface area contributed by atoms with Crippen LogP contribution in [0.4, 0.5) is 11.5 Å². The minimum atomic E-state index is -0.386. The minimum absolute atomic E-state index is 0.0978. The maximum Gasteiger partial charge on any atom is 0.239 e. The van der Waals surface area contributed by atoms with Gasteiger partial charge in [0.2, 0.25) is 11.8 Å². The average Bonchev–Trinajstić information content (AvgIpc) is 2.26. The fourth-order valence-electron chi connectivity index (χ4n) is 1.55. The summed E-state index contributed by atoms with van der Waals surface area (Å²) in [7, 11) is 0. The van der Waals surface area contributed by atoms with Crippen LogP contribution in [0, 0.1) is 0 Å². The van der Waals surface area contributed by atoms with E-state index in [9.17, 15) is 4.79 Å². The maximum atomic E-state index is 11.8. The molecule has 0 spiro atoms. The van der Waals surface area contributed by atoms with Crippen LogP contribution in [0.15, 0.2) is 12.1 Å². The summed E-state index contributed by atoms with van der Waals surface area (Å²) < 4.78 is 5.68. The Balaban J connectivity index is 2.69. The molecule has 1 aromatic heterocycles. The molecule has 0 aliphatic carbocycles. The van der Waals surface area contributed by atoms with Gasteiger partial charge < -0.3 is 21.1 Å². The summed E-state index contributed by atoms with van der Waals surface area (Å²) in [5, 5.41) is 5.83. The molecule has 6 nitrogen and oxygen atoms in total. The normalized spacial score (nSPS) is 11.9. The van der Waals surface area contributed by atoms with E-state index in [4.69, 9.17) is 10.5 Å². The van der Waals surface area contributed by atoms with E-state index in [0.29, 0.717) is 17.4 Å². The molecule has 0 radical (unpaired) electrons. The van der Waals surface area contributed by atoms with Crippen molar-refractivity contribution in [2.45, 2.75) is 52.7 Å². The van der Waals surface area contributed by atoms with Crippen molar-refractivity contribution in [3.8, 4) is 5.88 Å². The summed E-state index contributed by atoms with van der Waals surface area (Å²) in [6.07, 6.45) is 0. The van der Waals surface area contributed by atoms with Gasteiger partial charge in [-0.2, -0.15) is 4.98 Å². The summed E-state index contributed by atoms with van der Waals surface area (Å²) in [5.41, 5.74) is 5.67. The van der Waals surface area contributed by atoms with Gasteiger partial charge >= 0.3 is 0 Å². The van der Waals surface area contributed by atoms with Crippen LogP contribution in [0.3, 0.4) is 0 Å². The molecule has 6 heteroatoms. The van der Waals surface area contributed by atoms with Crippen LogP contribution >= 0.6 is 0 Å². The first kappa shape index (κ1) is 17.1. The van der Waals surface area contributed by atoms with Crippen LogP contribution in [-0.4, -0.2) is 28.6 Å². The number of pyridine rings is 1. The van der Waals surface area contributed by atoms with Crippen LogP contribution in [-0.2, 0) is 4.79 Å². The predicted molar refractivity (Wildman–Crippen MR) is 85.4 cm³/mol. The van der Waals surface area contributed by atoms with E-state index < -0.39 is 0 Å². The van der Waals surface area contributed by atoms with Gasteiger partial charge in [-0.15, -0.1) is 0 Å². The number of nitrogen functional groups attached to an aromatic ring is 1. The maximum absolute atomic E-state index is 11.8. The highest BCUT2D eigenvalue weighted by molar-refractivity contribution is 5.81. The van der Waals surface area contributed by atoms with Crippen LogP contribution in [0.2, 0.25) is 0 Å². The number of nitrogens with two attached hydrogens (primary N) is 1. The quantitative estimate of drug-likeness (QED) is 0.792. The third kappa shape index (κ3) is 6.83. The van der Waals surface area contributed by atoms with Gasteiger partial charge in [0, 0.05) is 5.54 Å². The van der Waals surface area contributed by atoms with E-state index in [1.165, 1.54) is 0 Å². The number of anilines is 2. The standard InChI is InChI=1S/C15H26N4O2/c1-14(2,3)19-12(20)9-17-11-8-7-10(16)13(18-11)21-15(4,5)6/h7-8H,9,16H2,1-6H3,(H,17,18)(H,19,20). The van der Waals surface area contributed by atoms with Crippen molar-refractivity contribution in [2.75, 3.05) is 17.6 Å². The molecule has 0 bridgehead atoms. The van der Waals surface area contributed by atoms with Gasteiger partial charge in [0.15, 0.2) is 0 Å². The molecule has 0 atom stereocenters. The molecular formula is C15H26N4O2. The predicted octanol–water partition coefficient (Wildman–Crippen LogP) is 2.17. The smallest absolute Gasteiger partial charge is 0.239 e. The van der Waals surface area contributed by atoms with Crippen molar-refractivity contribution >= 4 is 17.4 Å². The Hall–Kier alpha value is -1.98. The van der Waals surface area contributed by atoms with Crippen molar-refractivity contribution in [3.63, 3.8) is 0 Å². The van der Waals surface area contributed by atoms with Crippen molar-refractivity contribution in [1.29, 1.82) is 0 Å². The molecule has 4 N–H and O–H groups in total. The topological polar surface area (TPSA) is 89.3 Å². The third-order valence-electron chi connectivity index (χ3n) is 2.24. The monoisotopic (exact) mass is 294 g/mol. The van der Waals surface area contributed by atoms with Gasteiger partial charge in [-0.05, 0) is 53.7 Å². The molecule has 0 saturated heterocycles. The number of rotatable bonds is 4. The molecule has 1 heterocycles. The highest BCUT2D eigenvalue weighted by Crippen LogP contribution is 2.24. The van der Waals surface area contributed by atoms with E-state index in [1.54, 1.807) is 12.1 Å². The lowest BCUT2D eigenvalue weighted by molar-refractivity contribution is -0.120. The van der Waals surface area contributed by atoms with E-state index >= 15 is 0 Å². The highest BCUT2D eigenvalue weighted by Gasteiger charge is 2.16. The first-order chi connectivity index (χ1) is 9.46. The van der Waals surface area contributed by atoms with Gasteiger partial charge in [-0.1, -0.05) is 0 Å². The number of ether oxygens (including phenoxy) is 1. The Kier molecular flexibility index (Phi) is 5.04. The number of aromatic nitrogens is 1. The molecule has 0 aliphatic rings. The molecule has 0 saturated carbocycles. The zero-order chi connectivity index (χ0) is 16.3. The minimum Gasteiger partial charge on any atom is -0.470 e. The van der Waals surface area contributed by atoms with E-state index in [0.717, 1.165) is 0 Å². The second-order valence-corrected chi connectivity index (χ2v) is 6.96. The fraction of sp³-hybridized carbons (Fsp3) is 0.600. The third-order valence-corrected chi connectivity index (χ3v) is 2.24. The van der Waals surface area contributed by atoms with Gasteiger partial charge in [0.25, 0.3) is 0 Å². The van der Waals surface area contributed by atoms with Gasteiger partial charge in [0.05, 0.1) is 12.2 Å². The summed E-state index contributed by atoms with van der Waals surface area (Å²) in [6.45, 7) is 11.7. The largest absolute Gasteiger partial charge is 0.470 e. The molecule has 1 aromatic rings. The highest BCUT2D eigenvalue weighted by atomic mass is 16.5. The van der Waals surface area contributed by atoms with Crippen molar-refractivity contribution < 1.29 is 9.53 Å². The molecule has 21 heavy (non-hydrogen) atoms. The number of hydrogen-bond acceptors (Lipinski definition) is 5. The Morgan fingerprint density at radius 2 is 1.86 bits per heavy atom. The molecule has 0 aliphatic heterocycles. The second kappa shape index (κ2) is 6.20. The fourth-order valence-corrected chi connectivity index (χ4v) is 1.55. The number of hydrogen-bond donors (Lipinski definition) is 3. The number of carbonyl (C=O) groups is 1. The van der Waals surface area contributed by atoms with Crippen molar-refractivity contribution in [3.05, 3.63) is 12.1 Å².